The third-order valence-corrected chi connectivity index (χ3v) is 6.41. The molecule has 1 aromatic carbocycles. The molecule has 4 aromatic rings. The van der Waals surface area contributed by atoms with Gasteiger partial charge in [-0.15, -0.1) is 0 Å². The average Bonchev–Trinajstić information content (AvgIpc) is 3.55. The van der Waals surface area contributed by atoms with E-state index in [9.17, 15) is 18.0 Å². The number of halogens is 3. The zero-order valence-electron chi connectivity index (χ0n) is 22.7. The van der Waals surface area contributed by atoms with Crippen molar-refractivity contribution in [3.8, 4) is 28.5 Å². The second kappa shape index (κ2) is 12.8. The summed E-state index contributed by atoms with van der Waals surface area (Å²) in [7, 11) is 0. The molecule has 5 rings (SSSR count). The molecule has 1 amide bonds. The summed E-state index contributed by atoms with van der Waals surface area (Å²) in [6.07, 6.45) is -1.19. The van der Waals surface area contributed by atoms with Gasteiger partial charge in [0.2, 0.25) is 5.91 Å². The lowest BCUT2D eigenvalue weighted by atomic mass is 9.99. The van der Waals surface area contributed by atoms with Gasteiger partial charge in [-0.1, -0.05) is 12.1 Å². The normalized spacial score (nSPS) is 13.8. The molecule has 42 heavy (non-hydrogen) atoms. The van der Waals surface area contributed by atoms with Crippen LogP contribution in [0.3, 0.4) is 0 Å². The number of hydrogen-bond donors (Lipinski definition) is 4. The summed E-state index contributed by atoms with van der Waals surface area (Å²) >= 11 is 0. The number of carboxylic acids is 1. The zero-order valence-corrected chi connectivity index (χ0v) is 22.7. The average molecular weight is 591 g/mol. The van der Waals surface area contributed by atoms with E-state index in [1.807, 2.05) is 35.8 Å². The number of amides is 1. The molecule has 0 bridgehead atoms. The van der Waals surface area contributed by atoms with E-state index in [1.54, 1.807) is 6.20 Å². The van der Waals surface area contributed by atoms with Crippen molar-refractivity contribution in [2.24, 2.45) is 5.92 Å². The summed E-state index contributed by atoms with van der Waals surface area (Å²) in [5, 5.41) is 21.0. The lowest BCUT2D eigenvalue weighted by Gasteiger charge is -2.23. The molecule has 0 radical (unpaired) electrons. The van der Waals surface area contributed by atoms with E-state index in [0.717, 1.165) is 37.0 Å². The Balaban J connectivity index is 0.000000517. The molecule has 224 valence electrons. The number of nitrogens with zero attached hydrogens (tertiary/aromatic N) is 5. The highest BCUT2D eigenvalue weighted by molar-refractivity contribution is 5.97. The van der Waals surface area contributed by atoms with Crippen LogP contribution in [0.4, 0.5) is 24.7 Å². The van der Waals surface area contributed by atoms with E-state index in [4.69, 9.17) is 35.0 Å². The molecule has 16 heteroatoms. The van der Waals surface area contributed by atoms with Crippen molar-refractivity contribution in [1.29, 1.82) is 0 Å². The van der Waals surface area contributed by atoms with Crippen LogP contribution in [0.5, 0.6) is 5.75 Å². The number of ether oxygens (including phenoxy) is 1. The number of nitrogen functional groups attached to an aromatic ring is 1. The van der Waals surface area contributed by atoms with Gasteiger partial charge in [-0.25, -0.2) is 19.4 Å². The van der Waals surface area contributed by atoms with E-state index in [1.165, 1.54) is 6.92 Å². The predicted molar refractivity (Wildman–Crippen MR) is 145 cm³/mol. The summed E-state index contributed by atoms with van der Waals surface area (Å²) < 4.78 is 44.9. The first-order chi connectivity index (χ1) is 20.0. The van der Waals surface area contributed by atoms with Crippen molar-refractivity contribution in [3.63, 3.8) is 0 Å². The number of nitrogens with one attached hydrogen (secondary N) is 2. The number of anilines is 2. The zero-order chi connectivity index (χ0) is 30.4. The van der Waals surface area contributed by atoms with Gasteiger partial charge in [0.25, 0.3) is 0 Å². The smallest absolute Gasteiger partial charge is 0.489 e. The minimum Gasteiger partial charge on any atom is -0.489 e. The van der Waals surface area contributed by atoms with Crippen LogP contribution in [0.1, 0.15) is 26.7 Å². The number of carboxylic acid groups (broad SMARTS) is 1. The fourth-order valence-corrected chi connectivity index (χ4v) is 4.47. The number of imidazole rings is 1. The number of rotatable bonds is 7. The number of hydrogen-bond acceptors (Lipinski definition) is 10. The van der Waals surface area contributed by atoms with Crippen LogP contribution >= 0.6 is 0 Å². The van der Waals surface area contributed by atoms with Crippen molar-refractivity contribution < 1.29 is 37.2 Å². The molecule has 0 saturated carbocycles. The van der Waals surface area contributed by atoms with Gasteiger partial charge in [0, 0.05) is 24.7 Å². The van der Waals surface area contributed by atoms with E-state index in [2.05, 4.69) is 20.9 Å². The molecule has 3 aromatic heterocycles. The minimum atomic E-state index is -5.08. The summed E-state index contributed by atoms with van der Waals surface area (Å²) in [4.78, 5) is 30.1. The molecule has 5 N–H and O–H groups in total. The van der Waals surface area contributed by atoms with Gasteiger partial charge < -0.3 is 30.8 Å². The molecule has 1 aliphatic rings. The number of alkyl halides is 3. The number of aryl methyl sites for hydroxylation is 1. The highest BCUT2D eigenvalue weighted by atomic mass is 19.4. The first-order valence-corrected chi connectivity index (χ1v) is 13.0. The maximum atomic E-state index is 11.6. The highest BCUT2D eigenvalue weighted by Crippen LogP contribution is 2.37. The van der Waals surface area contributed by atoms with Gasteiger partial charge in [-0.3, -0.25) is 4.79 Å². The number of aromatic nitrogens is 5. The van der Waals surface area contributed by atoms with Crippen LogP contribution in [0, 0.1) is 5.92 Å². The van der Waals surface area contributed by atoms with Gasteiger partial charge in [0.1, 0.15) is 11.0 Å². The maximum absolute atomic E-state index is 11.6. The predicted octanol–water partition coefficient (Wildman–Crippen LogP) is 3.72. The van der Waals surface area contributed by atoms with Crippen molar-refractivity contribution in [2.45, 2.75) is 39.4 Å². The SMILES string of the molecule is CCn1c(-c2nonc2N)nc2c(-c3cccc(NC(C)=O)c3)ncc(OCC3CCNCC3)c21.O=C(O)C(F)(F)F. The lowest BCUT2D eigenvalue weighted by Crippen LogP contribution is -2.30. The summed E-state index contributed by atoms with van der Waals surface area (Å²) in [5.41, 5.74) is 9.97. The first-order valence-electron chi connectivity index (χ1n) is 13.0. The van der Waals surface area contributed by atoms with Crippen molar-refractivity contribution >= 4 is 34.4 Å². The van der Waals surface area contributed by atoms with E-state index in [-0.39, 0.29) is 11.7 Å². The summed E-state index contributed by atoms with van der Waals surface area (Å²) in [5.74, 6) is -1.08. The Labute approximate surface area is 237 Å². The number of nitrogens with two attached hydrogens (primary N) is 1. The molecular weight excluding hydrogens is 561 g/mol. The number of benzene rings is 1. The number of carbonyl (C=O) groups excluding carboxylic acids is 1. The topological polar surface area (TPSA) is 183 Å². The molecule has 0 spiro atoms. The van der Waals surface area contributed by atoms with Crippen molar-refractivity contribution in [1.82, 2.24) is 30.2 Å². The molecule has 1 fully saturated rings. The number of pyridine rings is 1. The Morgan fingerprint density at radius 2 is 1.95 bits per heavy atom. The van der Waals surface area contributed by atoms with Crippen LogP contribution < -0.4 is 21.1 Å². The number of piperidine rings is 1. The Kier molecular flexibility index (Phi) is 9.25. The molecule has 1 saturated heterocycles. The van der Waals surface area contributed by atoms with E-state index < -0.39 is 12.1 Å². The Morgan fingerprint density at radius 1 is 1.24 bits per heavy atom. The fraction of sp³-hybridized carbons (Fsp3) is 0.385. The van der Waals surface area contributed by atoms with Gasteiger partial charge in [-0.2, -0.15) is 13.2 Å². The van der Waals surface area contributed by atoms with Crippen LogP contribution in [-0.4, -0.2) is 67.7 Å². The number of carbonyl (C=O) groups is 2. The van der Waals surface area contributed by atoms with Gasteiger partial charge >= 0.3 is 12.1 Å². The standard InChI is InChI=1S/C24H28N8O3.C2HF3O2/c1-3-32-22-18(34-13-15-7-9-26-10-8-15)12-27-19(16-5-4-6-17(11-16)28-14(2)33)20(22)29-24(32)21-23(25)31-35-30-21;3-2(4,5)1(6)7/h4-6,11-12,15,26H,3,7-10,13H2,1-2H3,(H2,25,31)(H,28,33);(H,6,7). The third kappa shape index (κ3) is 6.94. The van der Waals surface area contributed by atoms with Crippen LogP contribution in [0.25, 0.3) is 33.8 Å². The lowest BCUT2D eigenvalue weighted by molar-refractivity contribution is -0.192. The molecule has 13 nitrogen and oxygen atoms in total. The first kappa shape index (κ1) is 30.2. The summed E-state index contributed by atoms with van der Waals surface area (Å²) in [6, 6.07) is 7.50. The highest BCUT2D eigenvalue weighted by Gasteiger charge is 2.38. The minimum absolute atomic E-state index is 0.145. The molecule has 0 aliphatic carbocycles. The second-order valence-corrected chi connectivity index (χ2v) is 9.42. The molecule has 1 aliphatic heterocycles. The second-order valence-electron chi connectivity index (χ2n) is 9.42. The maximum Gasteiger partial charge on any atom is 0.490 e. The number of aliphatic carboxylic acids is 1. The Morgan fingerprint density at radius 3 is 2.55 bits per heavy atom. The fourth-order valence-electron chi connectivity index (χ4n) is 4.47. The molecular formula is C26H29F3N8O5. The van der Waals surface area contributed by atoms with Crippen molar-refractivity contribution in [2.75, 3.05) is 30.7 Å². The van der Waals surface area contributed by atoms with Crippen molar-refractivity contribution in [3.05, 3.63) is 30.5 Å². The van der Waals surface area contributed by atoms with Gasteiger partial charge in [0.15, 0.2) is 23.1 Å². The number of fused-ring (bicyclic) bond motifs is 1. The monoisotopic (exact) mass is 590 g/mol. The van der Waals surface area contributed by atoms with Crippen LogP contribution in [0.15, 0.2) is 35.1 Å². The Hall–Kier alpha value is -4.73. The molecule has 0 atom stereocenters. The van der Waals surface area contributed by atoms with Crippen LogP contribution in [-0.2, 0) is 16.1 Å². The molecule has 0 unspecified atom stereocenters. The third-order valence-electron chi connectivity index (χ3n) is 6.41. The van der Waals surface area contributed by atoms with Gasteiger partial charge in [0.05, 0.1) is 18.5 Å². The Bertz CT molecular complexity index is 1560. The largest absolute Gasteiger partial charge is 0.490 e. The van der Waals surface area contributed by atoms with E-state index in [0.29, 0.717) is 53.2 Å². The summed E-state index contributed by atoms with van der Waals surface area (Å²) in [6.45, 7) is 6.69. The molecule has 4 heterocycles. The van der Waals surface area contributed by atoms with E-state index >= 15 is 0 Å². The quantitative estimate of drug-likeness (QED) is 0.246. The van der Waals surface area contributed by atoms with Gasteiger partial charge in [-0.05, 0) is 61.2 Å². The van der Waals surface area contributed by atoms with Crippen LogP contribution in [0.2, 0.25) is 0 Å².